The smallest absolute Gasteiger partial charge is 0.406 e. The van der Waals surface area contributed by atoms with Crippen LogP contribution in [-0.4, -0.2) is 32.2 Å². The van der Waals surface area contributed by atoms with Gasteiger partial charge in [0.2, 0.25) is 0 Å². The number of halogens is 4. The average molecular weight is 534 g/mol. The highest BCUT2D eigenvalue weighted by atomic mass is 35.5. The second-order valence-corrected chi connectivity index (χ2v) is 8.95. The number of pyridine rings is 1. The van der Waals surface area contributed by atoms with E-state index in [2.05, 4.69) is 9.72 Å². The molecule has 7 nitrogen and oxygen atoms in total. The van der Waals surface area contributed by atoms with Crippen molar-refractivity contribution in [3.63, 3.8) is 0 Å². The molecular weight excluding hydrogens is 511 g/mol. The summed E-state index contributed by atoms with van der Waals surface area (Å²) < 4.78 is 44.6. The first-order valence-corrected chi connectivity index (χ1v) is 11.8. The Morgan fingerprint density at radius 2 is 1.78 bits per heavy atom. The number of fused-ring (bicyclic) bond motifs is 1. The number of alkyl halides is 3. The summed E-state index contributed by atoms with van der Waals surface area (Å²) in [4.78, 5) is 30.8. The van der Waals surface area contributed by atoms with Gasteiger partial charge in [-0.1, -0.05) is 35.9 Å². The van der Waals surface area contributed by atoms with Crippen LogP contribution in [-0.2, 0) is 26.4 Å². The van der Waals surface area contributed by atoms with E-state index in [1.54, 1.807) is 18.2 Å². The molecule has 4 aromatic rings. The lowest BCUT2D eigenvalue weighted by molar-refractivity contribution is -0.274. The molecular formula is C26H23ClF3N3O4. The molecule has 0 aliphatic heterocycles. The molecule has 2 aromatic carbocycles. The zero-order chi connectivity index (χ0) is 26.7. The Morgan fingerprint density at radius 3 is 2.46 bits per heavy atom. The lowest BCUT2D eigenvalue weighted by atomic mass is 9.94. The Labute approximate surface area is 214 Å². The number of ether oxygens (including phenoxy) is 1. The third-order valence-corrected chi connectivity index (χ3v) is 6.16. The summed E-state index contributed by atoms with van der Waals surface area (Å²) in [5, 5.41) is 10.0. The molecule has 4 rings (SSSR count). The molecule has 0 spiro atoms. The Hall–Kier alpha value is -3.63. The number of hydrogen-bond acceptors (Lipinski definition) is 5. The summed E-state index contributed by atoms with van der Waals surface area (Å²) in [5.41, 5.74) is 1.65. The van der Waals surface area contributed by atoms with Crippen LogP contribution in [0.4, 0.5) is 13.2 Å². The molecule has 0 saturated carbocycles. The summed E-state index contributed by atoms with van der Waals surface area (Å²) in [6.45, 7) is -0.167. The van der Waals surface area contributed by atoms with E-state index < -0.39 is 17.6 Å². The van der Waals surface area contributed by atoms with Crippen molar-refractivity contribution in [1.82, 2.24) is 14.1 Å². The van der Waals surface area contributed by atoms with Gasteiger partial charge in [0.05, 0.1) is 5.39 Å². The van der Waals surface area contributed by atoms with E-state index in [1.807, 2.05) is 12.1 Å². The lowest BCUT2D eigenvalue weighted by Crippen LogP contribution is -2.40. The van der Waals surface area contributed by atoms with E-state index in [0.29, 0.717) is 21.7 Å². The van der Waals surface area contributed by atoms with E-state index in [1.165, 1.54) is 36.0 Å². The van der Waals surface area contributed by atoms with Gasteiger partial charge in [-0.05, 0) is 65.8 Å². The van der Waals surface area contributed by atoms with Crippen LogP contribution in [0.15, 0.2) is 64.3 Å². The second kappa shape index (κ2) is 10.8. The molecule has 11 heteroatoms. The quantitative estimate of drug-likeness (QED) is 0.367. The maximum absolute atomic E-state index is 13.5. The molecule has 0 fully saturated rings. The van der Waals surface area contributed by atoms with Gasteiger partial charge < -0.3 is 9.84 Å². The Kier molecular flexibility index (Phi) is 7.70. The molecule has 0 unspecified atom stereocenters. The van der Waals surface area contributed by atoms with E-state index in [-0.39, 0.29) is 49.2 Å². The van der Waals surface area contributed by atoms with Gasteiger partial charge in [-0.2, -0.15) is 0 Å². The van der Waals surface area contributed by atoms with Crippen LogP contribution in [0.25, 0.3) is 11.0 Å². The minimum atomic E-state index is -4.83. The maximum atomic E-state index is 13.5. The third kappa shape index (κ3) is 6.03. The highest BCUT2D eigenvalue weighted by Crippen LogP contribution is 2.27. The largest absolute Gasteiger partial charge is 0.573 e. The third-order valence-electron chi connectivity index (χ3n) is 5.91. The minimum Gasteiger partial charge on any atom is -0.406 e. The van der Waals surface area contributed by atoms with Gasteiger partial charge in [0.15, 0.2) is 0 Å². The van der Waals surface area contributed by atoms with Crippen LogP contribution in [0.1, 0.15) is 28.7 Å². The van der Waals surface area contributed by atoms with Gasteiger partial charge in [-0.25, -0.2) is 9.78 Å². The topological polar surface area (TPSA) is 86.3 Å². The number of aromatic nitrogens is 3. The molecule has 1 N–H and O–H groups in total. The molecule has 0 aliphatic rings. The van der Waals surface area contributed by atoms with Crippen LogP contribution >= 0.6 is 11.6 Å². The molecule has 0 atom stereocenters. The zero-order valence-corrected chi connectivity index (χ0v) is 20.5. The van der Waals surface area contributed by atoms with Crippen LogP contribution < -0.4 is 16.0 Å². The van der Waals surface area contributed by atoms with Gasteiger partial charge in [-0.3, -0.25) is 13.9 Å². The Morgan fingerprint density at radius 1 is 1.05 bits per heavy atom. The molecule has 0 radical (unpaired) electrons. The van der Waals surface area contributed by atoms with Gasteiger partial charge >= 0.3 is 12.1 Å². The molecule has 0 aliphatic carbocycles. The van der Waals surface area contributed by atoms with Crippen molar-refractivity contribution in [1.29, 1.82) is 0 Å². The maximum Gasteiger partial charge on any atom is 0.573 e. The molecule has 37 heavy (non-hydrogen) atoms. The van der Waals surface area contributed by atoms with Crippen molar-refractivity contribution in [2.24, 2.45) is 7.05 Å². The first-order valence-electron chi connectivity index (χ1n) is 11.4. The monoisotopic (exact) mass is 533 g/mol. The molecule has 0 saturated heterocycles. The highest BCUT2D eigenvalue weighted by Gasteiger charge is 2.31. The number of aliphatic hydroxyl groups is 1. The molecule has 2 heterocycles. The number of aliphatic hydroxyl groups excluding tert-OH is 1. The highest BCUT2D eigenvalue weighted by molar-refractivity contribution is 6.30. The predicted molar refractivity (Wildman–Crippen MR) is 133 cm³/mol. The zero-order valence-electron chi connectivity index (χ0n) is 19.8. The molecule has 2 aromatic heterocycles. The van der Waals surface area contributed by atoms with E-state index >= 15 is 0 Å². The van der Waals surface area contributed by atoms with Gasteiger partial charge in [0, 0.05) is 31.4 Å². The van der Waals surface area contributed by atoms with Crippen molar-refractivity contribution in [2.75, 3.05) is 6.61 Å². The minimum absolute atomic E-state index is 0.0272. The van der Waals surface area contributed by atoms with Crippen LogP contribution in [0.2, 0.25) is 5.02 Å². The number of rotatable bonds is 8. The fourth-order valence-electron chi connectivity index (χ4n) is 4.21. The normalized spacial score (nSPS) is 11.7. The Balaban J connectivity index is 1.90. The summed E-state index contributed by atoms with van der Waals surface area (Å²) in [6.07, 6.45) is -2.63. The first-order chi connectivity index (χ1) is 17.6. The van der Waals surface area contributed by atoms with E-state index in [4.69, 9.17) is 11.6 Å². The van der Waals surface area contributed by atoms with Crippen molar-refractivity contribution in [2.45, 2.75) is 32.2 Å². The summed E-state index contributed by atoms with van der Waals surface area (Å²) in [7, 11) is 1.51. The van der Waals surface area contributed by atoms with Gasteiger partial charge in [0.1, 0.15) is 11.4 Å². The van der Waals surface area contributed by atoms with Gasteiger partial charge in [0.25, 0.3) is 5.56 Å². The van der Waals surface area contributed by atoms with Crippen LogP contribution in [0.5, 0.6) is 5.75 Å². The first kappa shape index (κ1) is 26.4. The lowest BCUT2D eigenvalue weighted by Gasteiger charge is -2.17. The molecule has 0 bridgehead atoms. The van der Waals surface area contributed by atoms with Crippen LogP contribution in [0.3, 0.4) is 0 Å². The number of aryl methyl sites for hydroxylation is 1. The number of benzene rings is 2. The van der Waals surface area contributed by atoms with Gasteiger partial charge in [-0.15, -0.1) is 13.2 Å². The summed E-state index contributed by atoms with van der Waals surface area (Å²) in [5.74, 6) is -0.355. The van der Waals surface area contributed by atoms with Crippen molar-refractivity contribution in [3.05, 3.63) is 103 Å². The number of hydrogen-bond donors (Lipinski definition) is 1. The predicted octanol–water partition coefficient (Wildman–Crippen LogP) is 4.21. The Bertz CT molecular complexity index is 1550. The second-order valence-electron chi connectivity index (χ2n) is 8.51. The summed E-state index contributed by atoms with van der Waals surface area (Å²) >= 11 is 6.03. The molecule has 0 amide bonds. The van der Waals surface area contributed by atoms with E-state index in [0.717, 1.165) is 10.1 Å². The van der Waals surface area contributed by atoms with E-state index in [9.17, 15) is 27.9 Å². The van der Waals surface area contributed by atoms with Crippen molar-refractivity contribution < 1.29 is 23.0 Å². The molecule has 194 valence electrons. The van der Waals surface area contributed by atoms with Crippen molar-refractivity contribution in [3.8, 4) is 5.75 Å². The average Bonchev–Trinajstić information content (AvgIpc) is 2.84. The summed E-state index contributed by atoms with van der Waals surface area (Å²) in [6, 6.07) is 12.6. The SMILES string of the molecule is Cn1c(=O)n(CCCO)c(=O)c2c(Cc3ccc(Cl)cc3)c(Cc3cccc(OC(F)(F)F)c3)cnc21. The van der Waals surface area contributed by atoms with Crippen LogP contribution in [0, 0.1) is 0 Å². The number of nitrogens with zero attached hydrogens (tertiary/aromatic N) is 3. The standard InChI is InChI=1S/C26H23ClF3N3O4/c1-32-23-22(24(35)33(25(32)36)10-3-11-34)21(14-16-6-8-19(27)9-7-16)18(15-31-23)12-17-4-2-5-20(13-17)37-26(28,29)30/h2,4-9,13,15,34H,3,10-12,14H2,1H3. The fraction of sp³-hybridized carbons (Fsp3) is 0.269. The fourth-order valence-corrected chi connectivity index (χ4v) is 4.33. The van der Waals surface area contributed by atoms with Crippen molar-refractivity contribution >= 4 is 22.6 Å².